The number of hydrogen-bond acceptors (Lipinski definition) is 5. The van der Waals surface area contributed by atoms with Gasteiger partial charge in [0.1, 0.15) is 0 Å². The second-order valence-electron chi connectivity index (χ2n) is 7.43. The number of carbonyl (C=O) groups is 1. The maximum absolute atomic E-state index is 12.1. The van der Waals surface area contributed by atoms with Gasteiger partial charge in [-0.3, -0.25) is 0 Å². The molecule has 0 saturated carbocycles. The molecule has 0 aromatic carbocycles. The van der Waals surface area contributed by atoms with E-state index in [0.29, 0.717) is 17.4 Å². The predicted molar refractivity (Wildman–Crippen MR) is 80.9 cm³/mol. The summed E-state index contributed by atoms with van der Waals surface area (Å²) < 4.78 is 22.8. The molecule has 120 valence electrons. The van der Waals surface area contributed by atoms with Gasteiger partial charge in [0.15, 0.2) is 19.8 Å². The molecule has 5 nitrogen and oxygen atoms in total. The molecular weight excluding hydrogens is 288 g/mol. The third kappa shape index (κ3) is 3.33. The molecule has 2 rings (SSSR count). The Morgan fingerprint density at radius 2 is 1.86 bits per heavy atom. The van der Waals surface area contributed by atoms with E-state index < -0.39 is 25.7 Å². The molecule has 21 heavy (non-hydrogen) atoms. The van der Waals surface area contributed by atoms with Crippen LogP contribution in [0.4, 0.5) is 0 Å². The molecule has 0 aromatic rings. The summed E-state index contributed by atoms with van der Waals surface area (Å²) in [7, 11) is -1.78. The molecule has 1 saturated heterocycles. The second-order valence-corrected chi connectivity index (χ2v) is 11.6. The van der Waals surface area contributed by atoms with Gasteiger partial charge in [0, 0.05) is 13.8 Å². The van der Waals surface area contributed by atoms with Crippen LogP contribution in [0.3, 0.4) is 0 Å². The largest absolute Gasteiger partial charge is 0.460 e. The smallest absolute Gasteiger partial charge is 0.351 e. The van der Waals surface area contributed by atoms with Crippen molar-refractivity contribution < 1.29 is 23.4 Å². The topological polar surface area (TPSA) is 54.0 Å². The molecule has 0 amide bonds. The van der Waals surface area contributed by atoms with Gasteiger partial charge in [-0.2, -0.15) is 0 Å². The Bertz CT molecular complexity index is 480. The molecule has 1 atom stereocenters. The van der Waals surface area contributed by atoms with E-state index in [1.165, 1.54) is 0 Å². The molecule has 1 unspecified atom stereocenters. The average Bonchev–Trinajstić information content (AvgIpc) is 2.64. The Morgan fingerprint density at radius 3 is 2.43 bits per heavy atom. The maximum Gasteiger partial charge on any atom is 0.351 e. The van der Waals surface area contributed by atoms with Crippen LogP contribution in [0, 0.1) is 5.92 Å². The molecular formula is C15H26O5Si. The first-order valence-corrected chi connectivity index (χ1v) is 10.6. The van der Waals surface area contributed by atoms with E-state index >= 15 is 0 Å². The van der Waals surface area contributed by atoms with Gasteiger partial charge in [0.05, 0.1) is 6.61 Å². The van der Waals surface area contributed by atoms with Crippen molar-refractivity contribution in [3.63, 3.8) is 0 Å². The van der Waals surface area contributed by atoms with Crippen molar-refractivity contribution in [2.24, 2.45) is 5.92 Å². The first-order chi connectivity index (χ1) is 9.45. The number of carbonyl (C=O) groups excluding carboxylic acids is 1. The summed E-state index contributed by atoms with van der Waals surface area (Å²) in [5.74, 6) is 0.264. The highest BCUT2D eigenvalue weighted by atomic mass is 28.4. The normalized spacial score (nSPS) is 27.9. The lowest BCUT2D eigenvalue weighted by atomic mass is 10.1. The fourth-order valence-corrected chi connectivity index (χ4v) is 5.62. The van der Waals surface area contributed by atoms with E-state index in [1.807, 2.05) is 0 Å². The summed E-state index contributed by atoms with van der Waals surface area (Å²) >= 11 is 0. The predicted octanol–water partition coefficient (Wildman–Crippen LogP) is 3.17. The number of fused-ring (bicyclic) bond motifs is 1. The molecule has 0 radical (unpaired) electrons. The highest BCUT2D eigenvalue weighted by Gasteiger charge is 2.59. The van der Waals surface area contributed by atoms with Crippen molar-refractivity contribution in [3.05, 3.63) is 11.5 Å². The monoisotopic (exact) mass is 314 g/mol. The van der Waals surface area contributed by atoms with Gasteiger partial charge < -0.3 is 18.6 Å². The Kier molecular flexibility index (Phi) is 4.01. The van der Waals surface area contributed by atoms with Crippen molar-refractivity contribution in [2.45, 2.75) is 65.1 Å². The van der Waals surface area contributed by atoms with Crippen molar-refractivity contribution in [3.8, 4) is 0 Å². The average molecular weight is 314 g/mol. The molecule has 2 heterocycles. The number of rotatable bonds is 5. The maximum atomic E-state index is 12.1. The SMILES string of the molecule is CC(C)C[Si](C)(C)OCC1=C2OC(C)(C)OC2(C)C(=O)O1. The van der Waals surface area contributed by atoms with Crippen molar-refractivity contribution >= 4 is 14.3 Å². The minimum atomic E-state index is -1.78. The van der Waals surface area contributed by atoms with Crippen LogP contribution in [0.25, 0.3) is 0 Å². The summed E-state index contributed by atoms with van der Waals surface area (Å²) in [6.07, 6.45) is 0. The number of esters is 1. The van der Waals surface area contributed by atoms with E-state index in [9.17, 15) is 4.79 Å². The van der Waals surface area contributed by atoms with Crippen LogP contribution in [0.2, 0.25) is 19.1 Å². The summed E-state index contributed by atoms with van der Waals surface area (Å²) in [5, 5.41) is 0. The van der Waals surface area contributed by atoms with Gasteiger partial charge in [-0.05, 0) is 32.0 Å². The third-order valence-electron chi connectivity index (χ3n) is 3.58. The standard InChI is InChI=1S/C15H26O5Si/c1-10(2)9-21(6,7)17-8-11-12-15(5,13(16)18-11)20-14(3,4)19-12/h10H,8-9H2,1-7H3. The number of ether oxygens (including phenoxy) is 3. The highest BCUT2D eigenvalue weighted by Crippen LogP contribution is 2.46. The molecule has 0 aromatic heterocycles. The quantitative estimate of drug-likeness (QED) is 0.576. The summed E-state index contributed by atoms with van der Waals surface area (Å²) in [5.41, 5.74) is -1.13. The fraction of sp³-hybridized carbons (Fsp3) is 0.800. The van der Waals surface area contributed by atoms with Gasteiger partial charge in [-0.1, -0.05) is 13.8 Å². The Labute approximate surface area is 127 Å². The summed E-state index contributed by atoms with van der Waals surface area (Å²) in [6, 6.07) is 1.06. The number of hydrogen-bond donors (Lipinski definition) is 0. The minimum absolute atomic E-state index is 0.266. The second kappa shape index (κ2) is 5.10. The Balaban J connectivity index is 2.12. The lowest BCUT2D eigenvalue weighted by Crippen LogP contribution is -2.36. The molecule has 0 spiro atoms. The van der Waals surface area contributed by atoms with Crippen molar-refractivity contribution in [1.82, 2.24) is 0 Å². The van der Waals surface area contributed by atoms with Crippen LogP contribution in [0.5, 0.6) is 0 Å². The van der Waals surface area contributed by atoms with Crippen LogP contribution < -0.4 is 0 Å². The van der Waals surface area contributed by atoms with E-state index in [4.69, 9.17) is 18.6 Å². The van der Waals surface area contributed by atoms with Crippen LogP contribution in [0.15, 0.2) is 11.5 Å². The zero-order valence-corrected chi connectivity index (χ0v) is 15.0. The summed E-state index contributed by atoms with van der Waals surface area (Å²) in [4.78, 5) is 12.1. The number of cyclic esters (lactones) is 1. The lowest BCUT2D eigenvalue weighted by molar-refractivity contribution is -0.185. The zero-order valence-electron chi connectivity index (χ0n) is 14.0. The Hall–Kier alpha value is -0.853. The van der Waals surface area contributed by atoms with Gasteiger partial charge in [0.2, 0.25) is 11.4 Å². The van der Waals surface area contributed by atoms with Gasteiger partial charge in [-0.15, -0.1) is 0 Å². The molecule has 0 bridgehead atoms. The van der Waals surface area contributed by atoms with Crippen LogP contribution in [-0.2, 0) is 23.4 Å². The lowest BCUT2D eigenvalue weighted by Gasteiger charge is -2.25. The van der Waals surface area contributed by atoms with Crippen LogP contribution >= 0.6 is 0 Å². The molecule has 6 heteroatoms. The van der Waals surface area contributed by atoms with Crippen molar-refractivity contribution in [2.75, 3.05) is 6.61 Å². The van der Waals surface area contributed by atoms with Crippen molar-refractivity contribution in [1.29, 1.82) is 0 Å². The van der Waals surface area contributed by atoms with Crippen LogP contribution in [0.1, 0.15) is 34.6 Å². The van der Waals surface area contributed by atoms with E-state index in [-0.39, 0.29) is 6.61 Å². The highest BCUT2D eigenvalue weighted by molar-refractivity contribution is 6.71. The fourth-order valence-electron chi connectivity index (χ4n) is 3.01. The first kappa shape index (κ1) is 16.5. The molecule has 0 aliphatic carbocycles. The van der Waals surface area contributed by atoms with E-state index in [0.717, 1.165) is 6.04 Å². The first-order valence-electron chi connectivity index (χ1n) is 7.44. The zero-order chi connectivity index (χ0) is 16.1. The van der Waals surface area contributed by atoms with E-state index in [1.54, 1.807) is 20.8 Å². The molecule has 0 N–H and O–H groups in total. The van der Waals surface area contributed by atoms with Gasteiger partial charge >= 0.3 is 5.97 Å². The van der Waals surface area contributed by atoms with E-state index in [2.05, 4.69) is 26.9 Å². The minimum Gasteiger partial charge on any atom is -0.460 e. The molecule has 2 aliphatic heterocycles. The Morgan fingerprint density at radius 1 is 1.24 bits per heavy atom. The molecule has 1 fully saturated rings. The molecule has 2 aliphatic rings. The third-order valence-corrected chi connectivity index (χ3v) is 6.31. The van der Waals surface area contributed by atoms with Gasteiger partial charge in [0.25, 0.3) is 0 Å². The van der Waals surface area contributed by atoms with Crippen LogP contribution in [-0.4, -0.2) is 32.3 Å². The summed E-state index contributed by atoms with van der Waals surface area (Å²) in [6.45, 7) is 14.2. The van der Waals surface area contributed by atoms with Gasteiger partial charge in [-0.25, -0.2) is 4.79 Å².